The summed E-state index contributed by atoms with van der Waals surface area (Å²) in [5.74, 6) is 0. The Hall–Kier alpha value is -1.47. The fraction of sp³-hybridized carbons (Fsp3) is 0.333. The number of rotatable bonds is 4. The molecule has 0 aliphatic rings. The second kappa shape index (κ2) is 5.24. The molecule has 0 unspecified atom stereocenters. The molecule has 0 atom stereocenters. The highest BCUT2D eigenvalue weighted by Gasteiger charge is 2.06. The maximum atomic E-state index is 11.4. The summed E-state index contributed by atoms with van der Waals surface area (Å²) in [4.78, 5) is 15.1. The first kappa shape index (κ1) is 12.0. The van der Waals surface area contributed by atoms with E-state index in [1.807, 2.05) is 6.92 Å². The van der Waals surface area contributed by atoms with Crippen LogP contribution in [0.4, 0.5) is 5.13 Å². The van der Waals surface area contributed by atoms with Crippen LogP contribution in [0.3, 0.4) is 0 Å². The van der Waals surface area contributed by atoms with E-state index in [2.05, 4.69) is 20.5 Å². The van der Waals surface area contributed by atoms with Crippen LogP contribution in [0.25, 0.3) is 0 Å². The molecule has 0 aliphatic carbocycles. The van der Waals surface area contributed by atoms with Gasteiger partial charge in [-0.2, -0.15) is 0 Å². The molecule has 1 N–H and O–H groups in total. The van der Waals surface area contributed by atoms with Crippen LogP contribution in [0.2, 0.25) is 5.02 Å². The van der Waals surface area contributed by atoms with Gasteiger partial charge in [0, 0.05) is 12.7 Å². The molecule has 0 spiro atoms. The van der Waals surface area contributed by atoms with Crippen LogP contribution >= 0.6 is 22.9 Å². The molecule has 6 nitrogen and oxygen atoms in total. The lowest BCUT2D eigenvalue weighted by Gasteiger charge is -2.00. The Labute approximate surface area is 106 Å². The van der Waals surface area contributed by atoms with E-state index in [9.17, 15) is 4.79 Å². The molecule has 0 aromatic carbocycles. The summed E-state index contributed by atoms with van der Waals surface area (Å²) >= 11 is 7.17. The lowest BCUT2D eigenvalue weighted by molar-refractivity contribution is 0.715. The zero-order valence-electron chi connectivity index (χ0n) is 9.05. The lowest BCUT2D eigenvalue weighted by atomic mass is 10.6. The van der Waals surface area contributed by atoms with Gasteiger partial charge in [-0.25, -0.2) is 9.78 Å². The first-order valence-corrected chi connectivity index (χ1v) is 6.16. The minimum atomic E-state index is -0.352. The van der Waals surface area contributed by atoms with Gasteiger partial charge in [-0.05, 0) is 6.92 Å². The molecule has 0 saturated carbocycles. The molecular formula is C9H10ClN5OS. The van der Waals surface area contributed by atoms with Gasteiger partial charge in [0.2, 0.25) is 5.13 Å². The predicted octanol–water partition coefficient (Wildman–Crippen LogP) is 1.23. The van der Waals surface area contributed by atoms with E-state index in [1.165, 1.54) is 28.3 Å². The van der Waals surface area contributed by atoms with Crippen molar-refractivity contribution in [3.8, 4) is 0 Å². The van der Waals surface area contributed by atoms with Crippen molar-refractivity contribution >= 4 is 28.1 Å². The summed E-state index contributed by atoms with van der Waals surface area (Å²) in [6.07, 6.45) is 2.86. The summed E-state index contributed by atoms with van der Waals surface area (Å²) in [5, 5.41) is 12.9. The van der Waals surface area contributed by atoms with Crippen LogP contribution in [0.5, 0.6) is 0 Å². The summed E-state index contributed by atoms with van der Waals surface area (Å²) in [6.45, 7) is 3.09. The van der Waals surface area contributed by atoms with Crippen molar-refractivity contribution in [1.29, 1.82) is 0 Å². The smallest absolute Gasteiger partial charge is 0.347 e. The largest absolute Gasteiger partial charge is 0.360 e. The van der Waals surface area contributed by atoms with Gasteiger partial charge in [-0.15, -0.1) is 10.2 Å². The average Bonchev–Trinajstić information content (AvgIpc) is 2.72. The molecule has 0 amide bonds. The molecule has 90 valence electrons. The van der Waals surface area contributed by atoms with Gasteiger partial charge in [0.05, 0.1) is 17.8 Å². The van der Waals surface area contributed by atoms with E-state index in [0.717, 1.165) is 16.7 Å². The third kappa shape index (κ3) is 3.01. The van der Waals surface area contributed by atoms with E-state index in [4.69, 9.17) is 11.6 Å². The number of halogens is 1. The van der Waals surface area contributed by atoms with Gasteiger partial charge in [-0.3, -0.25) is 4.57 Å². The highest BCUT2D eigenvalue weighted by Crippen LogP contribution is 2.15. The number of nitrogens with one attached hydrogen (secondary N) is 1. The summed E-state index contributed by atoms with van der Waals surface area (Å²) in [6, 6.07) is 0. The lowest BCUT2D eigenvalue weighted by Crippen LogP contribution is -2.22. The molecule has 2 aromatic rings. The summed E-state index contributed by atoms with van der Waals surface area (Å²) in [7, 11) is 0. The van der Waals surface area contributed by atoms with Gasteiger partial charge in [0.15, 0.2) is 0 Å². The number of hydrogen-bond acceptors (Lipinski definition) is 6. The Morgan fingerprint density at radius 3 is 3.12 bits per heavy atom. The van der Waals surface area contributed by atoms with E-state index < -0.39 is 0 Å². The summed E-state index contributed by atoms with van der Waals surface area (Å²) in [5.41, 5.74) is -0.352. The van der Waals surface area contributed by atoms with Crippen molar-refractivity contribution in [1.82, 2.24) is 19.7 Å². The van der Waals surface area contributed by atoms with Gasteiger partial charge < -0.3 is 5.32 Å². The van der Waals surface area contributed by atoms with Gasteiger partial charge >= 0.3 is 5.69 Å². The minimum Gasteiger partial charge on any atom is -0.360 e. The van der Waals surface area contributed by atoms with Gasteiger partial charge in [-0.1, -0.05) is 22.9 Å². The molecule has 2 heterocycles. The van der Waals surface area contributed by atoms with E-state index in [0.29, 0.717) is 11.6 Å². The van der Waals surface area contributed by atoms with Crippen molar-refractivity contribution in [2.45, 2.75) is 13.5 Å². The van der Waals surface area contributed by atoms with Crippen molar-refractivity contribution in [2.75, 3.05) is 11.9 Å². The Balaban J connectivity index is 2.19. The van der Waals surface area contributed by atoms with Crippen molar-refractivity contribution in [2.24, 2.45) is 0 Å². The topological polar surface area (TPSA) is 72.7 Å². The molecule has 0 fully saturated rings. The molecule has 8 heteroatoms. The standard InChI is InChI=1S/C9H10ClN5OS/c1-2-11-8-14-13-7(17-8)5-15-4-6(10)3-12-9(15)16/h3-4H,2,5H2,1H3,(H,11,14). The second-order valence-electron chi connectivity index (χ2n) is 3.21. The van der Waals surface area contributed by atoms with E-state index in [-0.39, 0.29) is 5.69 Å². The maximum absolute atomic E-state index is 11.4. The number of anilines is 1. The first-order valence-electron chi connectivity index (χ1n) is 4.97. The number of nitrogens with zero attached hydrogens (tertiary/aromatic N) is 4. The Morgan fingerprint density at radius 2 is 2.35 bits per heavy atom. The second-order valence-corrected chi connectivity index (χ2v) is 4.71. The normalized spacial score (nSPS) is 10.5. The Bertz CT molecular complexity index is 567. The zero-order chi connectivity index (χ0) is 12.3. The van der Waals surface area contributed by atoms with Crippen LogP contribution in [0, 0.1) is 0 Å². The van der Waals surface area contributed by atoms with E-state index >= 15 is 0 Å². The van der Waals surface area contributed by atoms with Crippen LogP contribution in [-0.2, 0) is 6.54 Å². The maximum Gasteiger partial charge on any atom is 0.347 e. The monoisotopic (exact) mass is 271 g/mol. The van der Waals surface area contributed by atoms with Crippen molar-refractivity contribution in [3.05, 3.63) is 32.9 Å². The van der Waals surface area contributed by atoms with Crippen molar-refractivity contribution in [3.63, 3.8) is 0 Å². The first-order chi connectivity index (χ1) is 8.19. The van der Waals surface area contributed by atoms with Gasteiger partial charge in [0.1, 0.15) is 5.01 Å². The van der Waals surface area contributed by atoms with Gasteiger partial charge in [0.25, 0.3) is 0 Å². The zero-order valence-corrected chi connectivity index (χ0v) is 10.6. The highest BCUT2D eigenvalue weighted by molar-refractivity contribution is 7.15. The molecule has 0 bridgehead atoms. The van der Waals surface area contributed by atoms with Crippen LogP contribution in [0.1, 0.15) is 11.9 Å². The Kier molecular flexibility index (Phi) is 3.70. The SMILES string of the molecule is CCNc1nnc(Cn2cc(Cl)cnc2=O)s1. The van der Waals surface area contributed by atoms with Crippen LogP contribution in [-0.4, -0.2) is 26.3 Å². The Morgan fingerprint density at radius 1 is 1.53 bits per heavy atom. The van der Waals surface area contributed by atoms with E-state index in [1.54, 1.807) is 0 Å². The molecule has 2 aromatic heterocycles. The third-order valence-corrected chi connectivity index (χ3v) is 2.98. The number of aromatic nitrogens is 4. The highest BCUT2D eigenvalue weighted by atomic mass is 35.5. The number of hydrogen-bond donors (Lipinski definition) is 1. The predicted molar refractivity (Wildman–Crippen MR) is 66.7 cm³/mol. The third-order valence-electron chi connectivity index (χ3n) is 1.92. The van der Waals surface area contributed by atoms with Crippen molar-refractivity contribution < 1.29 is 0 Å². The quantitative estimate of drug-likeness (QED) is 0.905. The fourth-order valence-electron chi connectivity index (χ4n) is 1.23. The van der Waals surface area contributed by atoms with Crippen LogP contribution < -0.4 is 11.0 Å². The van der Waals surface area contributed by atoms with Crippen LogP contribution in [0.15, 0.2) is 17.2 Å². The fourth-order valence-corrected chi connectivity index (χ4v) is 2.20. The molecule has 2 rings (SSSR count). The molecular weight excluding hydrogens is 262 g/mol. The molecule has 17 heavy (non-hydrogen) atoms. The summed E-state index contributed by atoms with van der Waals surface area (Å²) < 4.78 is 1.40. The molecule has 0 radical (unpaired) electrons. The minimum absolute atomic E-state index is 0.329. The average molecular weight is 272 g/mol. The molecule has 0 aliphatic heterocycles. The molecule has 0 saturated heterocycles.